The predicted octanol–water partition coefficient (Wildman–Crippen LogP) is 2.58. The Kier molecular flexibility index (Phi) is 7.24. The molecule has 0 bridgehead atoms. The highest BCUT2D eigenvalue weighted by Gasteiger charge is 1.76. The van der Waals surface area contributed by atoms with Crippen LogP contribution in [0.15, 0.2) is 12.7 Å². The van der Waals surface area contributed by atoms with Gasteiger partial charge in [0.05, 0.1) is 5.88 Å². The van der Waals surface area contributed by atoms with E-state index >= 15 is 0 Å². The lowest BCUT2D eigenvalue weighted by Gasteiger charge is -1.83. The molecular weight excluding hydrogens is 132 g/mol. The fourth-order valence-corrected chi connectivity index (χ4v) is 0.565. The lowest BCUT2D eigenvalue weighted by molar-refractivity contribution is 0.887. The van der Waals surface area contributed by atoms with E-state index in [-0.39, 0.29) is 0 Å². The van der Waals surface area contributed by atoms with Crippen LogP contribution < -0.4 is 0 Å². The number of rotatable bonds is 3. The average molecular weight is 143 g/mol. The van der Waals surface area contributed by atoms with Crippen molar-refractivity contribution in [2.45, 2.75) is 19.3 Å². The van der Waals surface area contributed by atoms with Gasteiger partial charge in [0.25, 0.3) is 0 Å². The highest BCUT2D eigenvalue weighted by Crippen LogP contribution is 1.92. The van der Waals surface area contributed by atoms with Crippen LogP contribution in [0.25, 0.3) is 0 Å². The minimum Gasteiger partial charge on any atom is -0.113 e. The number of hydrogen-bond acceptors (Lipinski definition) is 0. The molecule has 0 N–H and O–H groups in total. The molecule has 0 aliphatic rings. The van der Waals surface area contributed by atoms with E-state index in [1.165, 1.54) is 0 Å². The molecule has 0 unspecified atom stereocenters. The van der Waals surface area contributed by atoms with E-state index < -0.39 is 0 Å². The van der Waals surface area contributed by atoms with E-state index in [1.54, 1.807) is 0 Å². The smallest absolute Gasteiger partial charge is 0.0835 e. The van der Waals surface area contributed by atoms with Crippen molar-refractivity contribution in [1.29, 1.82) is 0 Å². The number of alkyl halides is 1. The summed E-state index contributed by atoms with van der Waals surface area (Å²) in [7, 11) is 0. The molecule has 0 aromatic heterocycles. The predicted molar refractivity (Wildman–Crippen MR) is 42.5 cm³/mol. The lowest BCUT2D eigenvalue weighted by Crippen LogP contribution is -1.68. The van der Waals surface area contributed by atoms with Crippen molar-refractivity contribution in [2.75, 3.05) is 5.88 Å². The van der Waals surface area contributed by atoms with Gasteiger partial charge in [0, 0.05) is 6.42 Å². The van der Waals surface area contributed by atoms with Crippen molar-refractivity contribution in [2.24, 2.45) is 0 Å². The summed E-state index contributed by atoms with van der Waals surface area (Å²) in [5, 5.41) is 0. The summed E-state index contributed by atoms with van der Waals surface area (Å²) in [6.45, 7) is 3.60. The summed E-state index contributed by atoms with van der Waals surface area (Å²) in [6.07, 6.45) is 5.01. The van der Waals surface area contributed by atoms with Crippen LogP contribution in [0.3, 0.4) is 0 Å². The van der Waals surface area contributed by atoms with Crippen LogP contribution in [0, 0.1) is 11.8 Å². The molecule has 0 heterocycles. The highest BCUT2D eigenvalue weighted by atomic mass is 35.5. The number of unbranched alkanes of at least 4 members (excludes halogenated alkanes) is 2. The van der Waals surface area contributed by atoms with Crippen LogP contribution in [-0.2, 0) is 0 Å². The van der Waals surface area contributed by atoms with Crippen LogP contribution >= 0.6 is 11.6 Å². The number of hydrogen-bond donors (Lipinski definition) is 0. The molecular formula is C8H11Cl. The van der Waals surface area contributed by atoms with Crippen molar-refractivity contribution >= 4 is 11.6 Å². The third kappa shape index (κ3) is 7.59. The zero-order valence-corrected chi connectivity index (χ0v) is 6.25. The molecule has 0 aromatic carbocycles. The maximum Gasteiger partial charge on any atom is 0.0835 e. The standard InChI is InChI=1S/C8H11Cl/c1-2-3-4-5-6-7-8-9/h2H,1,3-5,8H2. The quantitative estimate of drug-likeness (QED) is 0.246. The van der Waals surface area contributed by atoms with Gasteiger partial charge in [0.15, 0.2) is 0 Å². The Balaban J connectivity index is 2.98. The Morgan fingerprint density at radius 2 is 2.22 bits per heavy atom. The van der Waals surface area contributed by atoms with E-state index in [0.29, 0.717) is 5.88 Å². The van der Waals surface area contributed by atoms with Crippen LogP contribution in [-0.4, -0.2) is 5.88 Å². The zero-order valence-electron chi connectivity index (χ0n) is 5.49. The zero-order chi connectivity index (χ0) is 6.95. The summed E-state index contributed by atoms with van der Waals surface area (Å²) in [4.78, 5) is 0. The first-order valence-corrected chi connectivity index (χ1v) is 3.58. The van der Waals surface area contributed by atoms with Gasteiger partial charge in [-0.3, -0.25) is 0 Å². The summed E-state index contributed by atoms with van der Waals surface area (Å²) < 4.78 is 0. The largest absolute Gasteiger partial charge is 0.113 e. The van der Waals surface area contributed by atoms with Crippen LogP contribution in [0.4, 0.5) is 0 Å². The molecule has 0 atom stereocenters. The van der Waals surface area contributed by atoms with Gasteiger partial charge in [-0.1, -0.05) is 12.0 Å². The molecule has 0 radical (unpaired) electrons. The van der Waals surface area contributed by atoms with Crippen molar-refractivity contribution in [3.05, 3.63) is 12.7 Å². The fraction of sp³-hybridized carbons (Fsp3) is 0.500. The van der Waals surface area contributed by atoms with Crippen molar-refractivity contribution in [3.8, 4) is 11.8 Å². The minimum absolute atomic E-state index is 0.452. The molecule has 0 nitrogen and oxygen atoms in total. The van der Waals surface area contributed by atoms with E-state index in [0.717, 1.165) is 19.3 Å². The topological polar surface area (TPSA) is 0 Å². The Hall–Kier alpha value is -0.410. The first kappa shape index (κ1) is 8.59. The fourth-order valence-electron chi connectivity index (χ4n) is 0.470. The second-order valence-electron chi connectivity index (χ2n) is 1.67. The first-order chi connectivity index (χ1) is 4.41. The summed E-state index contributed by atoms with van der Waals surface area (Å²) >= 11 is 5.32. The third-order valence-corrected chi connectivity index (χ3v) is 1.04. The van der Waals surface area contributed by atoms with Crippen LogP contribution in [0.5, 0.6) is 0 Å². The van der Waals surface area contributed by atoms with E-state index in [1.807, 2.05) is 6.08 Å². The SMILES string of the molecule is C=CCCCC#CCCl. The summed E-state index contributed by atoms with van der Waals surface area (Å²) in [5.41, 5.74) is 0. The van der Waals surface area contributed by atoms with E-state index in [2.05, 4.69) is 18.4 Å². The normalized spacial score (nSPS) is 7.67. The van der Waals surface area contributed by atoms with Gasteiger partial charge in [0.1, 0.15) is 0 Å². The molecule has 0 aliphatic carbocycles. The number of allylic oxidation sites excluding steroid dienone is 1. The monoisotopic (exact) mass is 142 g/mol. The molecule has 0 saturated carbocycles. The summed E-state index contributed by atoms with van der Waals surface area (Å²) in [6, 6.07) is 0. The van der Waals surface area contributed by atoms with Gasteiger partial charge in [-0.2, -0.15) is 0 Å². The van der Waals surface area contributed by atoms with Gasteiger partial charge < -0.3 is 0 Å². The number of halogens is 1. The Labute approximate surface area is 61.9 Å². The molecule has 50 valence electrons. The average Bonchev–Trinajstić information content (AvgIpc) is 1.89. The van der Waals surface area contributed by atoms with Gasteiger partial charge in [-0.15, -0.1) is 24.1 Å². The molecule has 0 spiro atoms. The van der Waals surface area contributed by atoms with Gasteiger partial charge in [0.2, 0.25) is 0 Å². The second-order valence-corrected chi connectivity index (χ2v) is 1.94. The molecule has 0 rings (SSSR count). The molecule has 0 saturated heterocycles. The van der Waals surface area contributed by atoms with Crippen molar-refractivity contribution in [3.63, 3.8) is 0 Å². The molecule has 0 amide bonds. The van der Waals surface area contributed by atoms with Crippen LogP contribution in [0.1, 0.15) is 19.3 Å². The van der Waals surface area contributed by atoms with Gasteiger partial charge in [-0.25, -0.2) is 0 Å². The van der Waals surface area contributed by atoms with Crippen molar-refractivity contribution < 1.29 is 0 Å². The lowest BCUT2D eigenvalue weighted by atomic mass is 10.2. The Morgan fingerprint density at radius 1 is 1.44 bits per heavy atom. The van der Waals surface area contributed by atoms with Crippen molar-refractivity contribution in [1.82, 2.24) is 0 Å². The minimum atomic E-state index is 0.452. The molecule has 9 heavy (non-hydrogen) atoms. The molecule has 0 aliphatic heterocycles. The van der Waals surface area contributed by atoms with Gasteiger partial charge in [-0.05, 0) is 12.8 Å². The van der Waals surface area contributed by atoms with Crippen LogP contribution in [0.2, 0.25) is 0 Å². The maximum atomic E-state index is 5.32. The summed E-state index contributed by atoms with van der Waals surface area (Å²) in [5.74, 6) is 6.18. The molecule has 1 heteroatoms. The maximum absolute atomic E-state index is 5.32. The van der Waals surface area contributed by atoms with E-state index in [9.17, 15) is 0 Å². The highest BCUT2D eigenvalue weighted by molar-refractivity contribution is 6.19. The Morgan fingerprint density at radius 3 is 2.78 bits per heavy atom. The first-order valence-electron chi connectivity index (χ1n) is 3.04. The third-order valence-electron chi connectivity index (χ3n) is 0.902. The molecule has 0 fully saturated rings. The van der Waals surface area contributed by atoms with Gasteiger partial charge >= 0.3 is 0 Å². The Bertz CT molecular complexity index is 116. The molecule has 0 aromatic rings. The second kappa shape index (κ2) is 7.59. The van der Waals surface area contributed by atoms with E-state index in [4.69, 9.17) is 11.6 Å².